The average molecular weight is 544 g/mol. The molecule has 4 rings (SSSR count). The molecular formula is C27H34N3O7P. The number of rotatable bonds is 11. The molecule has 2 aliphatic rings. The molecule has 11 heteroatoms. The summed E-state index contributed by atoms with van der Waals surface area (Å²) in [6, 6.07) is 15.8. The van der Waals surface area contributed by atoms with E-state index < -0.39 is 37.7 Å². The molecule has 3 unspecified atom stereocenters. The maximum Gasteiger partial charge on any atom is 0.406 e. The lowest BCUT2D eigenvalue weighted by Gasteiger charge is -2.32. The fourth-order valence-electron chi connectivity index (χ4n) is 4.89. The average Bonchev–Trinajstić information content (AvgIpc) is 3.62. The Labute approximate surface area is 222 Å². The Morgan fingerprint density at radius 3 is 1.92 bits per heavy atom. The van der Waals surface area contributed by atoms with Crippen LogP contribution >= 0.6 is 7.75 Å². The third kappa shape index (κ3) is 6.88. The second-order valence-corrected chi connectivity index (χ2v) is 11.4. The first-order chi connectivity index (χ1) is 18.3. The molecule has 0 bridgehead atoms. The van der Waals surface area contributed by atoms with Crippen LogP contribution in [0.5, 0.6) is 0 Å². The molecule has 38 heavy (non-hydrogen) atoms. The van der Waals surface area contributed by atoms with Crippen LogP contribution in [0.3, 0.4) is 0 Å². The largest absolute Gasteiger partial charge is 0.480 e. The van der Waals surface area contributed by atoms with E-state index in [0.29, 0.717) is 38.8 Å². The summed E-state index contributed by atoms with van der Waals surface area (Å²) in [6.45, 7) is 2.29. The van der Waals surface area contributed by atoms with Gasteiger partial charge in [-0.3, -0.25) is 18.6 Å². The summed E-state index contributed by atoms with van der Waals surface area (Å²) < 4.78 is 25.2. The van der Waals surface area contributed by atoms with E-state index in [9.17, 15) is 24.1 Å². The predicted molar refractivity (Wildman–Crippen MR) is 140 cm³/mol. The number of carboxylic acids is 1. The number of hydrogen-bond donors (Lipinski definition) is 2. The Hall–Kier alpha value is -3.04. The van der Waals surface area contributed by atoms with Gasteiger partial charge in [0.2, 0.25) is 11.8 Å². The minimum Gasteiger partial charge on any atom is -0.480 e. The van der Waals surface area contributed by atoms with E-state index >= 15 is 0 Å². The SMILES string of the molecule is CC(NP(=O)(OCc1ccccc1)OCc1ccccc1)C(=O)N1CCCC1C(=O)N1CCCC1C(=O)O. The van der Waals surface area contributed by atoms with E-state index in [1.807, 2.05) is 60.7 Å². The highest BCUT2D eigenvalue weighted by Gasteiger charge is 2.43. The highest BCUT2D eigenvalue weighted by atomic mass is 31.2. The molecule has 0 aliphatic carbocycles. The maximum absolute atomic E-state index is 13.8. The van der Waals surface area contributed by atoms with Crippen LogP contribution < -0.4 is 5.09 Å². The van der Waals surface area contributed by atoms with Gasteiger partial charge in [-0.2, -0.15) is 0 Å². The van der Waals surface area contributed by atoms with E-state index in [0.717, 1.165) is 11.1 Å². The van der Waals surface area contributed by atoms with E-state index in [1.54, 1.807) is 6.92 Å². The van der Waals surface area contributed by atoms with Crippen LogP contribution in [-0.2, 0) is 41.2 Å². The van der Waals surface area contributed by atoms with Crippen molar-refractivity contribution in [3.05, 3.63) is 71.8 Å². The summed E-state index contributed by atoms with van der Waals surface area (Å²) in [5.74, 6) is -1.80. The van der Waals surface area contributed by atoms with Gasteiger partial charge in [-0.05, 0) is 43.7 Å². The van der Waals surface area contributed by atoms with Gasteiger partial charge in [-0.25, -0.2) is 14.4 Å². The van der Waals surface area contributed by atoms with Crippen molar-refractivity contribution in [1.82, 2.24) is 14.9 Å². The first-order valence-electron chi connectivity index (χ1n) is 12.9. The molecule has 0 saturated carbocycles. The van der Waals surface area contributed by atoms with Crippen molar-refractivity contribution >= 4 is 25.5 Å². The molecule has 2 fully saturated rings. The van der Waals surface area contributed by atoms with Gasteiger partial charge >= 0.3 is 13.7 Å². The Morgan fingerprint density at radius 2 is 1.39 bits per heavy atom. The van der Waals surface area contributed by atoms with Gasteiger partial charge in [0.1, 0.15) is 12.1 Å². The minimum absolute atomic E-state index is 0.0111. The molecule has 2 aromatic rings. The van der Waals surface area contributed by atoms with Crippen LogP contribution in [-0.4, -0.2) is 63.9 Å². The van der Waals surface area contributed by atoms with Crippen LogP contribution in [0.15, 0.2) is 60.7 Å². The van der Waals surface area contributed by atoms with Crippen molar-refractivity contribution in [2.24, 2.45) is 0 Å². The van der Waals surface area contributed by atoms with Gasteiger partial charge in [-0.1, -0.05) is 60.7 Å². The van der Waals surface area contributed by atoms with Crippen molar-refractivity contribution in [3.63, 3.8) is 0 Å². The van der Waals surface area contributed by atoms with Crippen molar-refractivity contribution in [2.45, 2.75) is 63.9 Å². The Bertz CT molecular complexity index is 1120. The lowest BCUT2D eigenvalue weighted by atomic mass is 10.1. The zero-order chi connectivity index (χ0) is 27.1. The third-order valence-corrected chi connectivity index (χ3v) is 8.49. The lowest BCUT2D eigenvalue weighted by Crippen LogP contribution is -2.53. The molecular weight excluding hydrogens is 509 g/mol. The van der Waals surface area contributed by atoms with Crippen LogP contribution in [0.4, 0.5) is 0 Å². The summed E-state index contributed by atoms with van der Waals surface area (Å²) >= 11 is 0. The minimum atomic E-state index is -3.96. The Balaban J connectivity index is 1.45. The Morgan fingerprint density at radius 1 is 0.895 bits per heavy atom. The van der Waals surface area contributed by atoms with Gasteiger partial charge < -0.3 is 14.9 Å². The number of likely N-dealkylation sites (tertiary alicyclic amines) is 2. The topological polar surface area (TPSA) is 125 Å². The number of amides is 2. The first-order valence-corrected chi connectivity index (χ1v) is 14.4. The summed E-state index contributed by atoms with van der Waals surface area (Å²) in [4.78, 5) is 41.1. The van der Waals surface area contributed by atoms with Crippen molar-refractivity contribution in [1.29, 1.82) is 0 Å². The van der Waals surface area contributed by atoms with Crippen molar-refractivity contribution in [2.75, 3.05) is 13.1 Å². The molecule has 204 valence electrons. The second kappa shape index (κ2) is 12.7. The number of carboxylic acid groups (broad SMARTS) is 1. The van der Waals surface area contributed by atoms with Crippen molar-refractivity contribution in [3.8, 4) is 0 Å². The normalized spacial score (nSPS) is 20.4. The fourth-order valence-corrected chi connectivity index (χ4v) is 6.33. The molecule has 2 aliphatic heterocycles. The fraction of sp³-hybridized carbons (Fsp3) is 0.444. The molecule has 0 radical (unpaired) electrons. The standard InChI is InChI=1S/C27H34N3O7P/c1-20(25(31)29-16-8-14-23(29)26(32)30-17-9-15-24(30)27(33)34)28-38(35,36-18-21-10-4-2-5-11-21)37-19-22-12-6-3-7-13-22/h2-7,10-13,20,23-24H,8-9,14-19H2,1H3,(H,28,35)(H,33,34). The zero-order valence-electron chi connectivity index (χ0n) is 21.4. The zero-order valence-corrected chi connectivity index (χ0v) is 22.3. The van der Waals surface area contributed by atoms with Gasteiger partial charge in [-0.15, -0.1) is 0 Å². The van der Waals surface area contributed by atoms with Gasteiger partial charge in [0.15, 0.2) is 0 Å². The number of hydrogen-bond acceptors (Lipinski definition) is 6. The number of carbonyl (C=O) groups excluding carboxylic acids is 2. The quantitative estimate of drug-likeness (QED) is 0.412. The van der Waals surface area contributed by atoms with Gasteiger partial charge in [0.05, 0.1) is 19.3 Å². The van der Waals surface area contributed by atoms with E-state index in [-0.39, 0.29) is 19.1 Å². The second-order valence-electron chi connectivity index (χ2n) is 9.58. The van der Waals surface area contributed by atoms with Crippen LogP contribution in [0, 0.1) is 0 Å². The lowest BCUT2D eigenvalue weighted by molar-refractivity contribution is -0.152. The monoisotopic (exact) mass is 543 g/mol. The molecule has 3 atom stereocenters. The molecule has 0 spiro atoms. The smallest absolute Gasteiger partial charge is 0.406 e. The van der Waals surface area contributed by atoms with Gasteiger partial charge in [0.25, 0.3) is 0 Å². The third-order valence-electron chi connectivity index (χ3n) is 6.85. The van der Waals surface area contributed by atoms with E-state index in [2.05, 4.69) is 5.09 Å². The number of aliphatic carboxylic acids is 1. The van der Waals surface area contributed by atoms with Crippen LogP contribution in [0.2, 0.25) is 0 Å². The van der Waals surface area contributed by atoms with E-state index in [1.165, 1.54) is 9.80 Å². The molecule has 0 aromatic heterocycles. The maximum atomic E-state index is 13.8. The molecule has 10 nitrogen and oxygen atoms in total. The number of nitrogens with zero attached hydrogens (tertiary/aromatic N) is 2. The molecule has 2 aromatic carbocycles. The molecule has 2 amide bonds. The number of nitrogens with one attached hydrogen (secondary N) is 1. The number of benzene rings is 2. The van der Waals surface area contributed by atoms with E-state index in [4.69, 9.17) is 9.05 Å². The van der Waals surface area contributed by atoms with Crippen molar-refractivity contribution < 1.29 is 33.1 Å². The van der Waals surface area contributed by atoms with Gasteiger partial charge in [0, 0.05) is 13.1 Å². The number of carbonyl (C=O) groups is 3. The summed E-state index contributed by atoms with van der Waals surface area (Å²) in [5.41, 5.74) is 1.58. The predicted octanol–water partition coefficient (Wildman–Crippen LogP) is 3.57. The molecule has 2 N–H and O–H groups in total. The first kappa shape index (κ1) is 28.0. The highest BCUT2D eigenvalue weighted by molar-refractivity contribution is 7.51. The Kier molecular flexibility index (Phi) is 9.33. The summed E-state index contributed by atoms with van der Waals surface area (Å²) in [7, 11) is -3.96. The molecule has 2 saturated heterocycles. The summed E-state index contributed by atoms with van der Waals surface area (Å²) in [5, 5.41) is 12.3. The molecule has 2 heterocycles. The highest BCUT2D eigenvalue weighted by Crippen LogP contribution is 2.46. The summed E-state index contributed by atoms with van der Waals surface area (Å²) in [6.07, 6.45) is 2.09. The van der Waals surface area contributed by atoms with Crippen LogP contribution in [0.1, 0.15) is 43.7 Å². The van der Waals surface area contributed by atoms with Crippen LogP contribution in [0.25, 0.3) is 0 Å².